The van der Waals surface area contributed by atoms with Gasteiger partial charge in [-0.05, 0) is 12.1 Å². The number of benzene rings is 1. The third-order valence-corrected chi connectivity index (χ3v) is 3.04. The molecule has 1 aromatic carbocycles. The molecule has 0 bridgehead atoms. The summed E-state index contributed by atoms with van der Waals surface area (Å²) in [5.74, 6) is -0.550. The van der Waals surface area contributed by atoms with Gasteiger partial charge in [0.25, 0.3) is 15.9 Å². The summed E-state index contributed by atoms with van der Waals surface area (Å²) in [4.78, 5) is 11.1. The Hall–Kier alpha value is -0.140. The van der Waals surface area contributed by atoms with Crippen LogP contribution in [0.1, 0.15) is 10.4 Å². The minimum Gasteiger partial charge on any atom is -0.412 e. The summed E-state index contributed by atoms with van der Waals surface area (Å²) in [6.07, 6.45) is 0. The topological polar surface area (TPSA) is 94.7 Å². The van der Waals surface area contributed by atoms with Crippen molar-refractivity contribution in [3.63, 3.8) is 0 Å². The van der Waals surface area contributed by atoms with Gasteiger partial charge in [0, 0.05) is 0 Å². The van der Waals surface area contributed by atoms with Crippen LogP contribution in [0.15, 0.2) is 29.2 Å². The van der Waals surface area contributed by atoms with Gasteiger partial charge in [-0.2, -0.15) is 0 Å². The second-order valence-corrected chi connectivity index (χ2v) is 4.08. The van der Waals surface area contributed by atoms with Crippen LogP contribution >= 0.6 is 0 Å². The Labute approximate surface area is 111 Å². The van der Waals surface area contributed by atoms with Crippen molar-refractivity contribution in [1.29, 1.82) is 0 Å². The molecule has 3 N–H and O–H groups in total. The van der Waals surface area contributed by atoms with Crippen molar-refractivity contribution in [2.24, 2.45) is 0 Å². The molecule has 2 rings (SSSR count). The van der Waals surface area contributed by atoms with E-state index in [2.05, 4.69) is 0 Å². The van der Waals surface area contributed by atoms with E-state index in [-0.39, 0.29) is 53.7 Å². The molecule has 0 unspecified atom stereocenters. The molecule has 1 amide bonds. The number of fused-ring (bicyclic) bond motifs is 1. The van der Waals surface area contributed by atoms with Crippen molar-refractivity contribution in [2.75, 3.05) is 0 Å². The summed E-state index contributed by atoms with van der Waals surface area (Å²) in [5, 5.41) is 0. The number of carbonyl (C=O) groups excluding carboxylic acids is 1. The van der Waals surface area contributed by atoms with E-state index in [9.17, 15) is 13.2 Å². The molecule has 1 aliphatic rings. The molecule has 14 heavy (non-hydrogen) atoms. The Morgan fingerprint density at radius 2 is 1.71 bits per heavy atom. The normalized spacial score (nSPS) is 15.9. The van der Waals surface area contributed by atoms with Crippen molar-refractivity contribution in [3.8, 4) is 0 Å². The van der Waals surface area contributed by atoms with Crippen molar-refractivity contribution in [3.05, 3.63) is 29.8 Å². The molecule has 1 heterocycles. The van der Waals surface area contributed by atoms with Gasteiger partial charge in [0.15, 0.2) is 0 Å². The summed E-state index contributed by atoms with van der Waals surface area (Å²) in [7, 11) is -3.55. The second-order valence-electron chi connectivity index (χ2n) is 2.43. The van der Waals surface area contributed by atoms with E-state index in [0.29, 0.717) is 0 Å². The smallest absolute Gasteiger partial charge is 0.412 e. The summed E-state index contributed by atoms with van der Waals surface area (Å²) < 4.78 is 24.2. The van der Waals surface area contributed by atoms with E-state index in [4.69, 9.17) is 0 Å². The Bertz CT molecular complexity index is 457. The minimum atomic E-state index is -3.55. The third-order valence-electron chi connectivity index (χ3n) is 1.65. The number of amides is 1. The van der Waals surface area contributed by atoms with E-state index in [1.807, 2.05) is 4.72 Å². The first-order valence-corrected chi connectivity index (χ1v) is 4.76. The summed E-state index contributed by atoms with van der Waals surface area (Å²) in [6.45, 7) is 0. The van der Waals surface area contributed by atoms with Crippen LogP contribution in [0.25, 0.3) is 0 Å². The number of hydrogen-bond acceptors (Lipinski definition) is 3. The standard InChI is InChI=1S/C7H5NO3S.Ca.H2O/c9-7-5-3-1-2-4-6(5)12(10,11)8-7;;/h1-4H,(H,8,9);;1H2/q;+2;. The zero-order valence-corrected chi connectivity index (χ0v) is 10.2. The van der Waals surface area contributed by atoms with Gasteiger partial charge in [0.2, 0.25) is 0 Å². The Morgan fingerprint density at radius 3 is 2.29 bits per heavy atom. The van der Waals surface area contributed by atoms with Crippen molar-refractivity contribution in [2.45, 2.75) is 4.90 Å². The largest absolute Gasteiger partial charge is 2.00 e. The number of hydrogen-bond donors (Lipinski definition) is 1. The average Bonchev–Trinajstić information content (AvgIpc) is 2.25. The minimum absolute atomic E-state index is 0. The average molecular weight is 241 g/mol. The molecule has 5 nitrogen and oxygen atoms in total. The third kappa shape index (κ3) is 2.09. The fourth-order valence-electron chi connectivity index (χ4n) is 1.12. The quantitative estimate of drug-likeness (QED) is 0.585. The summed E-state index contributed by atoms with van der Waals surface area (Å²) in [5.41, 5.74) is 0.220. The van der Waals surface area contributed by atoms with Gasteiger partial charge in [-0.3, -0.25) is 4.79 Å². The van der Waals surface area contributed by atoms with E-state index in [1.165, 1.54) is 12.1 Å². The van der Waals surface area contributed by atoms with Crippen molar-refractivity contribution in [1.82, 2.24) is 4.72 Å². The molecule has 0 saturated heterocycles. The van der Waals surface area contributed by atoms with Crippen LogP contribution in [-0.4, -0.2) is 57.5 Å². The molecule has 1 aliphatic heterocycles. The number of nitrogens with one attached hydrogen (secondary N) is 1. The number of sulfonamides is 1. The molecule has 70 valence electrons. The SMILES string of the molecule is O.O=C1NS(=O)(=O)c2ccccc21.[Ca+2]. The monoisotopic (exact) mass is 241 g/mol. The zero-order chi connectivity index (χ0) is 8.77. The van der Waals surface area contributed by atoms with Crippen LogP contribution in [0.2, 0.25) is 0 Å². The molecule has 0 radical (unpaired) electrons. The fraction of sp³-hybridized carbons (Fsp3) is 0. The molecule has 0 aliphatic carbocycles. The van der Waals surface area contributed by atoms with Crippen LogP contribution < -0.4 is 4.72 Å². The predicted octanol–water partition coefficient (Wildman–Crippen LogP) is -1.09. The van der Waals surface area contributed by atoms with Crippen LogP contribution in [0.5, 0.6) is 0 Å². The predicted molar refractivity (Wildman–Crippen MR) is 50.5 cm³/mol. The van der Waals surface area contributed by atoms with Gasteiger partial charge in [0.05, 0.1) is 5.56 Å². The van der Waals surface area contributed by atoms with Crippen molar-refractivity contribution < 1.29 is 18.7 Å². The van der Waals surface area contributed by atoms with E-state index in [1.54, 1.807) is 12.1 Å². The molecule has 0 aromatic heterocycles. The molecule has 0 atom stereocenters. The van der Waals surface area contributed by atoms with E-state index in [0.717, 1.165) is 0 Å². The van der Waals surface area contributed by atoms with Gasteiger partial charge >= 0.3 is 37.7 Å². The molecule has 7 heteroatoms. The molecule has 0 saturated carbocycles. The molecular weight excluding hydrogens is 234 g/mol. The number of carbonyl (C=O) groups is 1. The molecule has 0 fully saturated rings. The first kappa shape index (κ1) is 13.9. The molecule has 0 spiro atoms. The first-order valence-electron chi connectivity index (χ1n) is 3.27. The summed E-state index contributed by atoms with van der Waals surface area (Å²) >= 11 is 0. The van der Waals surface area contributed by atoms with Crippen LogP contribution in [0, 0.1) is 0 Å². The van der Waals surface area contributed by atoms with Crippen LogP contribution in [-0.2, 0) is 10.0 Å². The molecule has 1 aromatic rings. The van der Waals surface area contributed by atoms with Gasteiger partial charge in [-0.15, -0.1) is 0 Å². The maximum Gasteiger partial charge on any atom is 2.00 e. The van der Waals surface area contributed by atoms with Crippen molar-refractivity contribution >= 4 is 53.7 Å². The Kier molecular flexibility index (Phi) is 4.54. The van der Waals surface area contributed by atoms with Gasteiger partial charge in [0.1, 0.15) is 4.90 Å². The van der Waals surface area contributed by atoms with Gasteiger partial charge < -0.3 is 5.48 Å². The van der Waals surface area contributed by atoms with Crippen LogP contribution in [0.4, 0.5) is 0 Å². The number of rotatable bonds is 0. The van der Waals surface area contributed by atoms with E-state index >= 15 is 0 Å². The van der Waals surface area contributed by atoms with Gasteiger partial charge in [-0.25, -0.2) is 13.1 Å². The summed E-state index contributed by atoms with van der Waals surface area (Å²) in [6, 6.07) is 6.09. The Morgan fingerprint density at radius 1 is 1.14 bits per heavy atom. The Balaban J connectivity index is 0.000000845. The van der Waals surface area contributed by atoms with E-state index < -0.39 is 15.9 Å². The first-order chi connectivity index (χ1) is 5.61. The fourth-order valence-corrected chi connectivity index (χ4v) is 2.29. The maximum absolute atomic E-state index is 11.1. The van der Waals surface area contributed by atoms with Gasteiger partial charge in [-0.1, -0.05) is 12.1 Å². The molecular formula is C7H7CaNO4S+2. The zero-order valence-electron chi connectivity index (χ0n) is 7.15. The second kappa shape index (κ2) is 4.59. The maximum atomic E-state index is 11.1. The van der Waals surface area contributed by atoms with Crippen LogP contribution in [0.3, 0.4) is 0 Å².